The molecule has 4 nitrogen and oxygen atoms in total. The van der Waals surface area contributed by atoms with Crippen LogP contribution in [0.5, 0.6) is 0 Å². The Morgan fingerprint density at radius 3 is 2.77 bits per heavy atom. The van der Waals surface area contributed by atoms with Crippen LogP contribution in [0.2, 0.25) is 0 Å². The van der Waals surface area contributed by atoms with Gasteiger partial charge in [0.05, 0.1) is 0 Å². The first-order valence-corrected chi connectivity index (χ1v) is 4.94. The van der Waals surface area contributed by atoms with E-state index in [1.807, 2.05) is 0 Å². The average molecular weight is 186 g/mol. The lowest BCUT2D eigenvalue weighted by Gasteiger charge is -2.04. The first-order valence-electron chi connectivity index (χ1n) is 4.94. The summed E-state index contributed by atoms with van der Waals surface area (Å²) in [7, 11) is 0. The minimum Gasteiger partial charge on any atom is -0.396 e. The van der Waals surface area contributed by atoms with Crippen molar-refractivity contribution in [3.63, 3.8) is 0 Å². The second kappa shape index (κ2) is 5.94. The molecule has 0 bridgehead atoms. The second-order valence-electron chi connectivity index (χ2n) is 3.41. The molecule has 0 aromatic rings. The number of hydrogen-bond acceptors (Lipinski definition) is 3. The molecule has 13 heavy (non-hydrogen) atoms. The van der Waals surface area contributed by atoms with Crippen LogP contribution in [0.3, 0.4) is 0 Å². The first kappa shape index (κ1) is 10.5. The standard InChI is InChI=1S/C9H18N2O2/c12-7-1-5-11-9(13)4-6-10-8-2-3-8/h8,10,12H,1-7H2,(H,11,13). The zero-order chi connectivity index (χ0) is 9.52. The van der Waals surface area contributed by atoms with Gasteiger partial charge in [0, 0.05) is 32.2 Å². The van der Waals surface area contributed by atoms with E-state index in [0.29, 0.717) is 25.4 Å². The highest BCUT2D eigenvalue weighted by Crippen LogP contribution is 2.18. The van der Waals surface area contributed by atoms with Crippen molar-refractivity contribution < 1.29 is 9.90 Å². The normalized spacial score (nSPS) is 15.8. The Morgan fingerprint density at radius 1 is 1.38 bits per heavy atom. The van der Waals surface area contributed by atoms with Crippen molar-refractivity contribution in [2.45, 2.75) is 31.7 Å². The molecule has 0 heterocycles. The molecule has 1 amide bonds. The third-order valence-corrected chi connectivity index (χ3v) is 2.02. The number of rotatable bonds is 7. The molecule has 1 saturated carbocycles. The molecule has 1 rings (SSSR count). The van der Waals surface area contributed by atoms with Crippen LogP contribution in [0.4, 0.5) is 0 Å². The van der Waals surface area contributed by atoms with Gasteiger partial charge < -0.3 is 15.7 Å². The fraction of sp³-hybridized carbons (Fsp3) is 0.889. The third-order valence-electron chi connectivity index (χ3n) is 2.02. The molecule has 0 aromatic carbocycles. The van der Waals surface area contributed by atoms with E-state index in [4.69, 9.17) is 5.11 Å². The summed E-state index contributed by atoms with van der Waals surface area (Å²) in [6, 6.07) is 0.672. The zero-order valence-electron chi connectivity index (χ0n) is 7.88. The SMILES string of the molecule is O=C(CCNC1CC1)NCCCO. The molecule has 1 fully saturated rings. The van der Waals surface area contributed by atoms with Crippen molar-refractivity contribution in [3.05, 3.63) is 0 Å². The molecule has 0 atom stereocenters. The smallest absolute Gasteiger partial charge is 0.221 e. The number of amides is 1. The van der Waals surface area contributed by atoms with Gasteiger partial charge in [-0.2, -0.15) is 0 Å². The van der Waals surface area contributed by atoms with Gasteiger partial charge in [0.2, 0.25) is 5.91 Å². The number of aliphatic hydroxyl groups excluding tert-OH is 1. The van der Waals surface area contributed by atoms with E-state index < -0.39 is 0 Å². The predicted molar refractivity (Wildman–Crippen MR) is 50.4 cm³/mol. The Morgan fingerprint density at radius 2 is 2.15 bits per heavy atom. The van der Waals surface area contributed by atoms with Gasteiger partial charge in [0.15, 0.2) is 0 Å². The van der Waals surface area contributed by atoms with Crippen molar-refractivity contribution >= 4 is 5.91 Å². The third kappa shape index (κ3) is 5.60. The van der Waals surface area contributed by atoms with Crippen LogP contribution in [-0.4, -0.2) is 36.8 Å². The van der Waals surface area contributed by atoms with Crippen molar-refractivity contribution in [2.75, 3.05) is 19.7 Å². The summed E-state index contributed by atoms with van der Waals surface area (Å²) in [5, 5.41) is 14.5. The van der Waals surface area contributed by atoms with E-state index in [2.05, 4.69) is 10.6 Å². The van der Waals surface area contributed by atoms with Gasteiger partial charge in [-0.25, -0.2) is 0 Å². The summed E-state index contributed by atoms with van der Waals surface area (Å²) in [6.07, 6.45) is 3.70. The molecule has 3 N–H and O–H groups in total. The van der Waals surface area contributed by atoms with Crippen molar-refractivity contribution in [1.82, 2.24) is 10.6 Å². The van der Waals surface area contributed by atoms with Crippen LogP contribution in [-0.2, 0) is 4.79 Å². The highest BCUT2D eigenvalue weighted by molar-refractivity contribution is 5.75. The topological polar surface area (TPSA) is 61.4 Å². The van der Waals surface area contributed by atoms with Gasteiger partial charge in [-0.15, -0.1) is 0 Å². The highest BCUT2D eigenvalue weighted by Gasteiger charge is 2.19. The van der Waals surface area contributed by atoms with E-state index in [1.165, 1.54) is 12.8 Å². The molecular weight excluding hydrogens is 168 g/mol. The van der Waals surface area contributed by atoms with Crippen LogP contribution in [0, 0.1) is 0 Å². The minimum atomic E-state index is 0.0709. The Balaban J connectivity index is 1.84. The fourth-order valence-corrected chi connectivity index (χ4v) is 1.07. The van der Waals surface area contributed by atoms with Crippen molar-refractivity contribution in [2.24, 2.45) is 0 Å². The summed E-state index contributed by atoms with van der Waals surface area (Å²) in [5.41, 5.74) is 0. The zero-order valence-corrected chi connectivity index (χ0v) is 7.88. The molecular formula is C9H18N2O2. The monoisotopic (exact) mass is 186 g/mol. The fourth-order valence-electron chi connectivity index (χ4n) is 1.07. The Labute approximate surface area is 78.7 Å². The Hall–Kier alpha value is -0.610. The number of carbonyl (C=O) groups is 1. The molecule has 76 valence electrons. The summed E-state index contributed by atoms with van der Waals surface area (Å²) in [5.74, 6) is 0.0709. The van der Waals surface area contributed by atoms with Crippen LogP contribution in [0.25, 0.3) is 0 Å². The molecule has 0 aliphatic heterocycles. The quantitative estimate of drug-likeness (QED) is 0.475. The molecule has 0 saturated heterocycles. The van der Waals surface area contributed by atoms with E-state index in [-0.39, 0.29) is 12.5 Å². The summed E-state index contributed by atoms with van der Waals surface area (Å²) >= 11 is 0. The molecule has 1 aliphatic carbocycles. The van der Waals surface area contributed by atoms with Gasteiger partial charge in [-0.3, -0.25) is 4.79 Å². The van der Waals surface area contributed by atoms with Gasteiger partial charge in [0.25, 0.3) is 0 Å². The lowest BCUT2D eigenvalue weighted by atomic mass is 10.3. The van der Waals surface area contributed by atoms with Crippen LogP contribution < -0.4 is 10.6 Å². The van der Waals surface area contributed by atoms with E-state index in [9.17, 15) is 4.79 Å². The maximum absolute atomic E-state index is 11.1. The summed E-state index contributed by atoms with van der Waals surface area (Å²) < 4.78 is 0. The van der Waals surface area contributed by atoms with Gasteiger partial charge in [-0.1, -0.05) is 0 Å². The molecule has 4 heteroatoms. The lowest BCUT2D eigenvalue weighted by Crippen LogP contribution is -2.29. The maximum Gasteiger partial charge on any atom is 0.221 e. The Kier molecular flexibility index (Phi) is 4.78. The Bertz CT molecular complexity index is 158. The number of hydrogen-bond donors (Lipinski definition) is 3. The highest BCUT2D eigenvalue weighted by atomic mass is 16.3. The van der Waals surface area contributed by atoms with Crippen LogP contribution in [0.1, 0.15) is 25.7 Å². The second-order valence-corrected chi connectivity index (χ2v) is 3.41. The molecule has 0 radical (unpaired) electrons. The predicted octanol–water partition coefficient (Wildman–Crippen LogP) is -0.373. The molecule has 0 aromatic heterocycles. The molecule has 0 unspecified atom stereocenters. The summed E-state index contributed by atoms with van der Waals surface area (Å²) in [4.78, 5) is 11.1. The summed E-state index contributed by atoms with van der Waals surface area (Å²) in [6.45, 7) is 1.50. The van der Waals surface area contributed by atoms with Gasteiger partial charge in [0.1, 0.15) is 0 Å². The first-order chi connectivity index (χ1) is 6.33. The van der Waals surface area contributed by atoms with Gasteiger partial charge in [-0.05, 0) is 19.3 Å². The average Bonchev–Trinajstić information content (AvgIpc) is 2.89. The van der Waals surface area contributed by atoms with Crippen LogP contribution in [0.15, 0.2) is 0 Å². The number of carbonyl (C=O) groups excluding carboxylic acids is 1. The van der Waals surface area contributed by atoms with E-state index in [0.717, 1.165) is 6.54 Å². The largest absolute Gasteiger partial charge is 0.396 e. The molecule has 1 aliphatic rings. The maximum atomic E-state index is 11.1. The lowest BCUT2D eigenvalue weighted by molar-refractivity contribution is -0.121. The number of nitrogens with one attached hydrogen (secondary N) is 2. The van der Waals surface area contributed by atoms with E-state index in [1.54, 1.807) is 0 Å². The molecule has 0 spiro atoms. The van der Waals surface area contributed by atoms with Gasteiger partial charge >= 0.3 is 0 Å². The van der Waals surface area contributed by atoms with Crippen molar-refractivity contribution in [3.8, 4) is 0 Å². The minimum absolute atomic E-state index is 0.0709. The van der Waals surface area contributed by atoms with Crippen molar-refractivity contribution in [1.29, 1.82) is 0 Å². The van der Waals surface area contributed by atoms with E-state index >= 15 is 0 Å². The van der Waals surface area contributed by atoms with Crippen LogP contribution >= 0.6 is 0 Å². The number of aliphatic hydroxyl groups is 1.